The lowest BCUT2D eigenvalue weighted by molar-refractivity contribution is 0.294. The van der Waals surface area contributed by atoms with Crippen LogP contribution < -0.4 is 10.5 Å². The molecule has 1 atom stereocenters. The molecule has 1 heterocycles. The molecule has 0 fully saturated rings. The molecular formula is C17H22N2O. The van der Waals surface area contributed by atoms with Crippen LogP contribution in [-0.4, -0.2) is 11.2 Å². The van der Waals surface area contributed by atoms with E-state index in [1.165, 1.54) is 23.4 Å². The number of aryl methyl sites for hydroxylation is 1. The molecule has 0 saturated heterocycles. The summed E-state index contributed by atoms with van der Waals surface area (Å²) in [6.45, 7) is 3.75. The summed E-state index contributed by atoms with van der Waals surface area (Å²) in [5.74, 6) is 0.933. The average molecular weight is 270 g/mol. The van der Waals surface area contributed by atoms with Crippen molar-refractivity contribution >= 4 is 0 Å². The second kappa shape index (κ2) is 5.71. The van der Waals surface area contributed by atoms with E-state index in [1.807, 2.05) is 30.3 Å². The predicted molar refractivity (Wildman–Crippen MR) is 81.0 cm³/mol. The van der Waals surface area contributed by atoms with Gasteiger partial charge in [0.2, 0.25) is 0 Å². The lowest BCUT2D eigenvalue weighted by Crippen LogP contribution is -2.19. The summed E-state index contributed by atoms with van der Waals surface area (Å²) in [6.07, 6.45) is 3.44. The zero-order chi connectivity index (χ0) is 13.9. The number of nitrogens with zero attached hydrogens (tertiary/aromatic N) is 1. The molecule has 106 valence electrons. The van der Waals surface area contributed by atoms with Gasteiger partial charge in [-0.1, -0.05) is 18.2 Å². The minimum atomic E-state index is 0.216. The Morgan fingerprint density at radius 3 is 2.90 bits per heavy atom. The number of nitrogens with two attached hydrogens (primary N) is 1. The Bertz CT molecular complexity index is 574. The van der Waals surface area contributed by atoms with Crippen LogP contribution in [0, 0.1) is 6.92 Å². The Morgan fingerprint density at radius 1 is 1.30 bits per heavy atom. The van der Waals surface area contributed by atoms with E-state index >= 15 is 0 Å². The van der Waals surface area contributed by atoms with Crippen molar-refractivity contribution in [1.29, 1.82) is 0 Å². The molecule has 0 bridgehead atoms. The number of hydrogen-bond donors (Lipinski definition) is 1. The zero-order valence-corrected chi connectivity index (χ0v) is 12.0. The van der Waals surface area contributed by atoms with Crippen LogP contribution in [0.1, 0.15) is 35.8 Å². The van der Waals surface area contributed by atoms with Crippen LogP contribution in [0.25, 0.3) is 0 Å². The van der Waals surface area contributed by atoms with Gasteiger partial charge in [-0.25, -0.2) is 0 Å². The molecule has 20 heavy (non-hydrogen) atoms. The van der Waals surface area contributed by atoms with Gasteiger partial charge in [0.15, 0.2) is 0 Å². The molecule has 2 aromatic rings. The number of hydrogen-bond acceptors (Lipinski definition) is 2. The highest BCUT2D eigenvalue weighted by Crippen LogP contribution is 2.30. The van der Waals surface area contributed by atoms with E-state index in [4.69, 9.17) is 10.5 Å². The van der Waals surface area contributed by atoms with E-state index in [2.05, 4.69) is 17.6 Å². The summed E-state index contributed by atoms with van der Waals surface area (Å²) in [5.41, 5.74) is 10.3. The van der Waals surface area contributed by atoms with Crippen molar-refractivity contribution in [2.24, 2.45) is 5.73 Å². The van der Waals surface area contributed by atoms with Crippen LogP contribution in [0.15, 0.2) is 36.4 Å². The quantitative estimate of drug-likeness (QED) is 0.926. The van der Waals surface area contributed by atoms with Gasteiger partial charge in [0.1, 0.15) is 12.4 Å². The van der Waals surface area contributed by atoms with Crippen molar-refractivity contribution in [2.45, 2.75) is 38.8 Å². The highest BCUT2D eigenvalue weighted by Gasteiger charge is 2.21. The van der Waals surface area contributed by atoms with E-state index in [9.17, 15) is 0 Å². The molecule has 1 aromatic heterocycles. The first-order valence-electron chi connectivity index (χ1n) is 7.38. The second-order valence-electron chi connectivity index (χ2n) is 5.50. The fraction of sp³-hybridized carbons (Fsp3) is 0.412. The number of para-hydroxylation sites is 1. The van der Waals surface area contributed by atoms with Gasteiger partial charge in [-0.15, -0.1) is 0 Å². The van der Waals surface area contributed by atoms with Gasteiger partial charge >= 0.3 is 0 Å². The summed E-state index contributed by atoms with van der Waals surface area (Å²) in [6, 6.07) is 12.5. The molecule has 0 saturated carbocycles. The molecule has 3 heteroatoms. The number of fused-ring (bicyclic) bond motifs is 1. The van der Waals surface area contributed by atoms with Crippen LogP contribution >= 0.6 is 0 Å². The van der Waals surface area contributed by atoms with Gasteiger partial charge in [0, 0.05) is 17.4 Å². The Balaban J connectivity index is 1.69. The maximum atomic E-state index is 6.20. The van der Waals surface area contributed by atoms with Crippen molar-refractivity contribution in [3.8, 4) is 5.75 Å². The van der Waals surface area contributed by atoms with Crippen molar-refractivity contribution in [3.63, 3.8) is 0 Å². The first-order valence-corrected chi connectivity index (χ1v) is 7.38. The number of aromatic nitrogens is 1. The fourth-order valence-electron chi connectivity index (χ4n) is 3.08. The van der Waals surface area contributed by atoms with Gasteiger partial charge in [0.25, 0.3) is 0 Å². The van der Waals surface area contributed by atoms with Crippen LogP contribution in [0.2, 0.25) is 0 Å². The van der Waals surface area contributed by atoms with Crippen molar-refractivity contribution in [3.05, 3.63) is 53.3 Å². The monoisotopic (exact) mass is 270 g/mol. The predicted octanol–water partition coefficient (Wildman–Crippen LogP) is 3.21. The molecule has 1 unspecified atom stereocenters. The third-order valence-corrected chi connectivity index (χ3v) is 4.10. The van der Waals surface area contributed by atoms with E-state index in [1.54, 1.807) is 0 Å². The topological polar surface area (TPSA) is 40.2 Å². The van der Waals surface area contributed by atoms with Crippen LogP contribution in [0.5, 0.6) is 5.75 Å². The smallest absolute Gasteiger partial charge is 0.119 e. The summed E-state index contributed by atoms with van der Waals surface area (Å²) in [4.78, 5) is 0. The van der Waals surface area contributed by atoms with E-state index < -0.39 is 0 Å². The minimum Gasteiger partial charge on any atom is -0.492 e. The maximum Gasteiger partial charge on any atom is 0.119 e. The molecule has 2 N–H and O–H groups in total. The molecule has 1 aromatic carbocycles. The van der Waals surface area contributed by atoms with Gasteiger partial charge in [-0.3, -0.25) is 0 Å². The third kappa shape index (κ3) is 2.59. The Labute approximate surface area is 120 Å². The fourth-order valence-corrected chi connectivity index (χ4v) is 3.08. The molecule has 0 aliphatic heterocycles. The second-order valence-corrected chi connectivity index (χ2v) is 5.50. The van der Waals surface area contributed by atoms with E-state index in [-0.39, 0.29) is 6.04 Å². The van der Waals surface area contributed by atoms with Gasteiger partial charge in [-0.2, -0.15) is 0 Å². The van der Waals surface area contributed by atoms with Crippen LogP contribution in [-0.2, 0) is 13.0 Å². The van der Waals surface area contributed by atoms with E-state index in [0.717, 1.165) is 25.1 Å². The Hall–Kier alpha value is -1.74. The van der Waals surface area contributed by atoms with Crippen LogP contribution in [0.3, 0.4) is 0 Å². The highest BCUT2D eigenvalue weighted by molar-refractivity contribution is 5.32. The molecule has 3 nitrogen and oxygen atoms in total. The molecular weight excluding hydrogens is 248 g/mol. The van der Waals surface area contributed by atoms with Crippen molar-refractivity contribution in [1.82, 2.24) is 4.57 Å². The number of rotatable bonds is 4. The molecule has 1 aliphatic rings. The normalized spacial score (nSPS) is 17.8. The maximum absolute atomic E-state index is 6.20. The molecule has 0 amide bonds. The van der Waals surface area contributed by atoms with Gasteiger partial charge < -0.3 is 15.0 Å². The summed E-state index contributed by atoms with van der Waals surface area (Å²) in [7, 11) is 0. The standard InChI is InChI=1S/C17H22N2O/c1-13-12-15-16(18)8-5-9-17(15)19(13)10-11-20-14-6-3-2-4-7-14/h2-4,6-7,12,16H,5,8-11,18H2,1H3. The lowest BCUT2D eigenvalue weighted by atomic mass is 9.93. The summed E-state index contributed by atoms with van der Waals surface area (Å²) < 4.78 is 8.17. The SMILES string of the molecule is Cc1cc2c(n1CCOc1ccccc1)CCCC2N. The summed E-state index contributed by atoms with van der Waals surface area (Å²) >= 11 is 0. The first kappa shape index (κ1) is 13.3. The Kier molecular flexibility index (Phi) is 3.79. The highest BCUT2D eigenvalue weighted by atomic mass is 16.5. The molecule has 0 spiro atoms. The van der Waals surface area contributed by atoms with Gasteiger partial charge in [0.05, 0.1) is 6.54 Å². The molecule has 0 radical (unpaired) electrons. The largest absolute Gasteiger partial charge is 0.492 e. The Morgan fingerprint density at radius 2 is 2.10 bits per heavy atom. The molecule has 3 rings (SSSR count). The number of benzene rings is 1. The first-order chi connectivity index (χ1) is 9.75. The zero-order valence-electron chi connectivity index (χ0n) is 12.0. The number of ether oxygens (including phenoxy) is 1. The minimum absolute atomic E-state index is 0.216. The third-order valence-electron chi connectivity index (χ3n) is 4.10. The van der Waals surface area contributed by atoms with Crippen LogP contribution in [0.4, 0.5) is 0 Å². The lowest BCUT2D eigenvalue weighted by Gasteiger charge is -2.21. The van der Waals surface area contributed by atoms with Crippen molar-refractivity contribution < 1.29 is 4.74 Å². The average Bonchev–Trinajstić information content (AvgIpc) is 2.78. The van der Waals surface area contributed by atoms with Crippen molar-refractivity contribution in [2.75, 3.05) is 6.61 Å². The molecule has 1 aliphatic carbocycles. The van der Waals surface area contributed by atoms with Gasteiger partial charge in [-0.05, 0) is 49.9 Å². The van der Waals surface area contributed by atoms with E-state index in [0.29, 0.717) is 6.61 Å². The summed E-state index contributed by atoms with van der Waals surface area (Å²) in [5, 5.41) is 0.